The van der Waals surface area contributed by atoms with E-state index in [9.17, 15) is 0 Å². The van der Waals surface area contributed by atoms with Crippen LogP contribution < -0.4 is 0 Å². The van der Waals surface area contributed by atoms with E-state index in [2.05, 4.69) is 67.3 Å². The van der Waals surface area contributed by atoms with Crippen LogP contribution in [-0.2, 0) is 0 Å². The zero-order valence-corrected chi connectivity index (χ0v) is 16.4. The maximum atomic E-state index is 6.07. The molecule has 1 heterocycles. The van der Waals surface area contributed by atoms with Gasteiger partial charge in [0.1, 0.15) is 5.84 Å². The highest BCUT2D eigenvalue weighted by atomic mass is 35.5. The molecule has 0 bridgehead atoms. The standard InChI is InChI=1S/C23H27ClN2/c1-3-4-7-10-18(2)25-23-17-22(19-13-15-20(24)16-14-19)26(23)21-11-8-5-6-9-12-21/h4,7-8,10-16,22H,3,5-6,9,17H2,1-2H3/b7-4-,18-10+,25-23?. The van der Waals surface area contributed by atoms with Crippen molar-refractivity contribution in [2.75, 3.05) is 0 Å². The van der Waals surface area contributed by atoms with Gasteiger partial charge < -0.3 is 4.90 Å². The third kappa shape index (κ3) is 4.56. The highest BCUT2D eigenvalue weighted by molar-refractivity contribution is 6.30. The van der Waals surface area contributed by atoms with E-state index < -0.39 is 0 Å². The number of amidine groups is 1. The highest BCUT2D eigenvalue weighted by Crippen LogP contribution is 2.40. The molecule has 3 heteroatoms. The number of hydrogen-bond donors (Lipinski definition) is 0. The first-order valence-corrected chi connectivity index (χ1v) is 9.89. The lowest BCUT2D eigenvalue weighted by Gasteiger charge is -2.45. The summed E-state index contributed by atoms with van der Waals surface area (Å²) >= 11 is 6.07. The molecule has 3 rings (SSSR count). The van der Waals surface area contributed by atoms with Crippen LogP contribution in [-0.4, -0.2) is 10.7 Å². The topological polar surface area (TPSA) is 15.6 Å². The van der Waals surface area contributed by atoms with Crippen LogP contribution in [0.3, 0.4) is 0 Å². The van der Waals surface area contributed by atoms with E-state index in [1.165, 1.54) is 17.7 Å². The molecule has 1 aliphatic heterocycles. The summed E-state index contributed by atoms with van der Waals surface area (Å²) in [6, 6.07) is 8.54. The Kier molecular flexibility index (Phi) is 6.51. The Morgan fingerprint density at radius 1 is 1.27 bits per heavy atom. The molecule has 0 radical (unpaired) electrons. The number of rotatable bonds is 5. The van der Waals surface area contributed by atoms with Crippen LogP contribution in [0.15, 0.2) is 77.1 Å². The van der Waals surface area contributed by atoms with E-state index in [0.717, 1.165) is 42.2 Å². The smallest absolute Gasteiger partial charge is 0.112 e. The van der Waals surface area contributed by atoms with Gasteiger partial charge in [0.2, 0.25) is 0 Å². The Labute approximate surface area is 162 Å². The normalized spacial score (nSPS) is 22.5. The lowest BCUT2D eigenvalue weighted by atomic mass is 9.92. The van der Waals surface area contributed by atoms with Crippen LogP contribution in [0.4, 0.5) is 0 Å². The van der Waals surface area contributed by atoms with Gasteiger partial charge in [-0.15, -0.1) is 0 Å². The fourth-order valence-electron chi connectivity index (χ4n) is 3.33. The maximum absolute atomic E-state index is 6.07. The first-order valence-electron chi connectivity index (χ1n) is 9.51. The third-order valence-electron chi connectivity index (χ3n) is 4.73. The fraction of sp³-hybridized carbons (Fsp3) is 0.348. The number of halogens is 1. The van der Waals surface area contributed by atoms with Gasteiger partial charge in [-0.2, -0.15) is 0 Å². The Morgan fingerprint density at radius 2 is 2.08 bits per heavy atom. The molecule has 26 heavy (non-hydrogen) atoms. The van der Waals surface area contributed by atoms with Crippen molar-refractivity contribution in [1.82, 2.24) is 4.90 Å². The van der Waals surface area contributed by atoms with Crippen molar-refractivity contribution in [1.29, 1.82) is 0 Å². The molecule has 2 aliphatic rings. The van der Waals surface area contributed by atoms with Crippen LogP contribution in [0.25, 0.3) is 0 Å². The number of likely N-dealkylation sites (tertiary alicyclic amines) is 1. The Hall–Kier alpha value is -2.06. The van der Waals surface area contributed by atoms with E-state index in [-0.39, 0.29) is 0 Å². The number of allylic oxidation sites excluding steroid dienone is 7. The Balaban J connectivity index is 1.88. The molecule has 1 fully saturated rings. The second-order valence-electron chi connectivity index (χ2n) is 6.78. The van der Waals surface area contributed by atoms with Gasteiger partial charge in [0, 0.05) is 22.8 Å². The molecule has 2 nitrogen and oxygen atoms in total. The molecule has 1 unspecified atom stereocenters. The van der Waals surface area contributed by atoms with Crippen molar-refractivity contribution in [3.05, 3.63) is 82.7 Å². The lowest BCUT2D eigenvalue weighted by molar-refractivity contribution is 0.316. The SMILES string of the molecule is CC/C=C\C=C(/C)N=C1CC(c2ccc(Cl)cc2)N1C1=CCCCC=C1. The summed E-state index contributed by atoms with van der Waals surface area (Å²) in [6.45, 7) is 4.21. The summed E-state index contributed by atoms with van der Waals surface area (Å²) in [6.07, 6.45) is 18.7. The molecule has 1 aliphatic carbocycles. The van der Waals surface area contributed by atoms with Crippen molar-refractivity contribution in [3.63, 3.8) is 0 Å². The van der Waals surface area contributed by atoms with Crippen LogP contribution in [0.2, 0.25) is 5.02 Å². The van der Waals surface area contributed by atoms with Crippen molar-refractivity contribution < 1.29 is 0 Å². The van der Waals surface area contributed by atoms with Gasteiger partial charge in [-0.1, -0.05) is 55.0 Å². The first kappa shape index (κ1) is 18.7. The van der Waals surface area contributed by atoms with Crippen molar-refractivity contribution in [2.24, 2.45) is 4.99 Å². The van der Waals surface area contributed by atoms with Gasteiger partial charge in [0.25, 0.3) is 0 Å². The predicted molar refractivity (Wildman–Crippen MR) is 112 cm³/mol. The lowest BCUT2D eigenvalue weighted by Crippen LogP contribution is -2.45. The van der Waals surface area contributed by atoms with E-state index in [4.69, 9.17) is 16.6 Å². The predicted octanol–water partition coefficient (Wildman–Crippen LogP) is 6.98. The summed E-state index contributed by atoms with van der Waals surface area (Å²) in [5, 5.41) is 0.781. The van der Waals surface area contributed by atoms with Crippen molar-refractivity contribution in [2.45, 2.75) is 52.0 Å². The number of benzene rings is 1. The van der Waals surface area contributed by atoms with E-state index in [1.54, 1.807) is 0 Å². The monoisotopic (exact) mass is 366 g/mol. The zero-order chi connectivity index (χ0) is 18.4. The largest absolute Gasteiger partial charge is 0.322 e. The molecule has 136 valence electrons. The minimum Gasteiger partial charge on any atom is -0.322 e. The molecule has 1 saturated heterocycles. The van der Waals surface area contributed by atoms with Crippen molar-refractivity contribution in [3.8, 4) is 0 Å². The highest BCUT2D eigenvalue weighted by Gasteiger charge is 2.37. The average molecular weight is 367 g/mol. The van der Waals surface area contributed by atoms with Gasteiger partial charge in [-0.25, -0.2) is 4.99 Å². The van der Waals surface area contributed by atoms with Crippen LogP contribution in [0.5, 0.6) is 0 Å². The summed E-state index contributed by atoms with van der Waals surface area (Å²) in [5.41, 5.74) is 3.60. The summed E-state index contributed by atoms with van der Waals surface area (Å²) in [7, 11) is 0. The molecule has 0 N–H and O–H groups in total. The quantitative estimate of drug-likeness (QED) is 0.513. The fourth-order valence-corrected chi connectivity index (χ4v) is 3.46. The van der Waals surface area contributed by atoms with E-state index >= 15 is 0 Å². The maximum Gasteiger partial charge on any atom is 0.112 e. The van der Waals surface area contributed by atoms with Crippen LogP contribution in [0, 0.1) is 0 Å². The molecule has 1 aromatic carbocycles. The third-order valence-corrected chi connectivity index (χ3v) is 4.98. The van der Waals surface area contributed by atoms with Gasteiger partial charge in [-0.05, 0) is 62.5 Å². The molecule has 0 aromatic heterocycles. The molecule has 1 aromatic rings. The molecule has 0 saturated carbocycles. The number of hydrogen-bond acceptors (Lipinski definition) is 1. The Bertz CT molecular complexity index is 766. The molecule has 0 amide bonds. The summed E-state index contributed by atoms with van der Waals surface area (Å²) in [4.78, 5) is 7.27. The Morgan fingerprint density at radius 3 is 2.85 bits per heavy atom. The van der Waals surface area contributed by atoms with E-state index in [0.29, 0.717) is 6.04 Å². The number of nitrogens with zero attached hydrogens (tertiary/aromatic N) is 2. The number of aliphatic imine (C=N–C) groups is 1. The molecule has 0 spiro atoms. The minimum absolute atomic E-state index is 0.332. The van der Waals surface area contributed by atoms with Crippen LogP contribution >= 0.6 is 11.6 Å². The molecule has 1 atom stereocenters. The minimum atomic E-state index is 0.332. The van der Waals surface area contributed by atoms with Gasteiger partial charge in [-0.3, -0.25) is 0 Å². The van der Waals surface area contributed by atoms with Gasteiger partial charge >= 0.3 is 0 Å². The van der Waals surface area contributed by atoms with Crippen molar-refractivity contribution >= 4 is 17.4 Å². The van der Waals surface area contributed by atoms with Gasteiger partial charge in [0.15, 0.2) is 0 Å². The van der Waals surface area contributed by atoms with Gasteiger partial charge in [0.05, 0.1) is 6.04 Å². The summed E-state index contributed by atoms with van der Waals surface area (Å²) < 4.78 is 0. The first-order chi connectivity index (χ1) is 12.7. The average Bonchev–Trinajstić information content (AvgIpc) is 2.89. The molecular weight excluding hydrogens is 340 g/mol. The zero-order valence-electron chi connectivity index (χ0n) is 15.7. The second kappa shape index (κ2) is 9.05. The van der Waals surface area contributed by atoms with E-state index in [1.807, 2.05) is 12.1 Å². The second-order valence-corrected chi connectivity index (χ2v) is 7.21. The van der Waals surface area contributed by atoms with Crippen LogP contribution in [0.1, 0.15) is 57.6 Å². The molecular formula is C23H27ClN2. The summed E-state index contributed by atoms with van der Waals surface area (Å²) in [5.74, 6) is 1.14.